The van der Waals surface area contributed by atoms with Gasteiger partial charge in [-0.25, -0.2) is 14.8 Å². The molecule has 4 heterocycles. The summed E-state index contributed by atoms with van der Waals surface area (Å²) in [7, 11) is 1.93. The van der Waals surface area contributed by atoms with Crippen molar-refractivity contribution < 1.29 is 14.4 Å². The molecule has 3 amide bonds. The van der Waals surface area contributed by atoms with Crippen LogP contribution in [-0.4, -0.2) is 77.3 Å². The van der Waals surface area contributed by atoms with Gasteiger partial charge in [-0.15, -0.1) is 0 Å². The smallest absolute Gasteiger partial charge is 0.328 e. The normalized spacial score (nSPS) is 18.0. The van der Waals surface area contributed by atoms with Gasteiger partial charge in [0.05, 0.1) is 17.8 Å². The maximum atomic E-state index is 13.2. The van der Waals surface area contributed by atoms with Gasteiger partial charge in [-0.3, -0.25) is 24.7 Å². The first-order valence-electron chi connectivity index (χ1n) is 12.6. The molecule has 0 spiro atoms. The van der Waals surface area contributed by atoms with E-state index in [1.807, 2.05) is 18.0 Å². The van der Waals surface area contributed by atoms with Crippen molar-refractivity contribution in [3.8, 4) is 6.07 Å². The second-order valence-corrected chi connectivity index (χ2v) is 9.87. The van der Waals surface area contributed by atoms with Crippen LogP contribution < -0.4 is 15.5 Å². The molecule has 0 aromatic carbocycles. The molecule has 2 fully saturated rings. The average Bonchev–Trinajstić information content (AvgIpc) is 3.72. The Hall–Kier alpha value is -4.04. The van der Waals surface area contributed by atoms with Gasteiger partial charge in [-0.1, -0.05) is 0 Å². The molecule has 192 valence electrons. The standard InChI is InChI=1S/C26H30N8O3/c1-32-7-3-8-33(24(36)15-32)14-18-10-17-4-2-9-34(25(17)30-22(18)16-35)26(37)31-23-11-21(29-20-5-6-20)19(12-27)13-28-23/h10-11,13,16,20H,2-9,14-15H2,1H3,(H2,28,29,31,37). The van der Waals surface area contributed by atoms with Crippen LogP contribution in [0.4, 0.5) is 22.1 Å². The van der Waals surface area contributed by atoms with Crippen molar-refractivity contribution in [3.63, 3.8) is 0 Å². The molecule has 0 radical (unpaired) electrons. The number of urea groups is 1. The molecule has 0 unspecified atom stereocenters. The zero-order valence-corrected chi connectivity index (χ0v) is 20.9. The van der Waals surface area contributed by atoms with E-state index in [2.05, 4.69) is 26.7 Å². The minimum atomic E-state index is -0.404. The number of fused-ring (bicyclic) bond motifs is 1. The fourth-order valence-electron chi connectivity index (χ4n) is 4.78. The second kappa shape index (κ2) is 10.5. The van der Waals surface area contributed by atoms with E-state index in [0.29, 0.717) is 67.0 Å². The van der Waals surface area contributed by atoms with Gasteiger partial charge in [0.1, 0.15) is 23.4 Å². The molecule has 11 nitrogen and oxygen atoms in total. The lowest BCUT2D eigenvalue weighted by molar-refractivity contribution is -0.131. The molecule has 11 heteroatoms. The van der Waals surface area contributed by atoms with Crippen LogP contribution in [0.25, 0.3) is 0 Å². The third-order valence-electron chi connectivity index (χ3n) is 6.91. The van der Waals surface area contributed by atoms with E-state index >= 15 is 0 Å². The number of rotatable bonds is 6. The first-order chi connectivity index (χ1) is 17.9. The molecule has 3 aliphatic rings. The Morgan fingerprint density at radius 1 is 1.24 bits per heavy atom. The van der Waals surface area contributed by atoms with Crippen molar-refractivity contribution >= 4 is 35.5 Å². The number of nitrogens with zero attached hydrogens (tertiary/aromatic N) is 6. The van der Waals surface area contributed by atoms with E-state index in [4.69, 9.17) is 0 Å². The highest BCUT2D eigenvalue weighted by atomic mass is 16.2. The molecular weight excluding hydrogens is 472 g/mol. The van der Waals surface area contributed by atoms with Crippen LogP contribution in [0, 0.1) is 11.3 Å². The summed E-state index contributed by atoms with van der Waals surface area (Å²) in [5.41, 5.74) is 2.86. The number of aldehydes is 1. The zero-order chi connectivity index (χ0) is 25.9. The van der Waals surface area contributed by atoms with Gasteiger partial charge in [-0.05, 0) is 50.8 Å². The summed E-state index contributed by atoms with van der Waals surface area (Å²) in [6.45, 7) is 2.59. The first kappa shape index (κ1) is 24.6. The van der Waals surface area contributed by atoms with Crippen LogP contribution in [0.5, 0.6) is 0 Å². The lowest BCUT2D eigenvalue weighted by Gasteiger charge is -2.30. The molecule has 5 rings (SSSR count). The highest BCUT2D eigenvalue weighted by Crippen LogP contribution is 2.30. The highest BCUT2D eigenvalue weighted by molar-refractivity contribution is 6.02. The van der Waals surface area contributed by atoms with E-state index in [-0.39, 0.29) is 11.6 Å². The van der Waals surface area contributed by atoms with E-state index in [1.54, 1.807) is 11.0 Å². The number of anilines is 3. The molecule has 2 aromatic rings. The Morgan fingerprint density at radius 2 is 2.08 bits per heavy atom. The third kappa shape index (κ3) is 5.54. The molecule has 1 saturated carbocycles. The lowest BCUT2D eigenvalue weighted by Crippen LogP contribution is -2.40. The van der Waals surface area contributed by atoms with E-state index in [9.17, 15) is 19.6 Å². The SMILES string of the molecule is CN1CCCN(Cc2cc3c(nc2C=O)N(C(=O)Nc2cc(NC4CC4)c(C#N)cn2)CCC3)C(=O)C1. The Bertz CT molecular complexity index is 1270. The summed E-state index contributed by atoms with van der Waals surface area (Å²) in [6, 6.07) is 5.64. The van der Waals surface area contributed by atoms with Crippen LogP contribution >= 0.6 is 0 Å². The zero-order valence-electron chi connectivity index (χ0n) is 20.9. The number of nitrogens with one attached hydrogen (secondary N) is 2. The van der Waals surface area contributed by atoms with Crippen molar-refractivity contribution in [2.24, 2.45) is 0 Å². The molecule has 37 heavy (non-hydrogen) atoms. The largest absolute Gasteiger partial charge is 0.381 e. The van der Waals surface area contributed by atoms with E-state index in [1.165, 1.54) is 11.1 Å². The number of hydrogen-bond acceptors (Lipinski definition) is 8. The van der Waals surface area contributed by atoms with Crippen LogP contribution in [0.3, 0.4) is 0 Å². The van der Waals surface area contributed by atoms with Crippen molar-refractivity contribution in [3.05, 3.63) is 40.7 Å². The van der Waals surface area contributed by atoms with E-state index < -0.39 is 6.03 Å². The monoisotopic (exact) mass is 502 g/mol. The molecular formula is C26H30N8O3. The van der Waals surface area contributed by atoms with Crippen LogP contribution in [0.2, 0.25) is 0 Å². The predicted molar refractivity (Wildman–Crippen MR) is 137 cm³/mol. The van der Waals surface area contributed by atoms with Gasteiger partial charge >= 0.3 is 6.03 Å². The maximum Gasteiger partial charge on any atom is 0.328 e. The summed E-state index contributed by atoms with van der Waals surface area (Å²) in [5, 5.41) is 15.5. The molecule has 2 N–H and O–H groups in total. The van der Waals surface area contributed by atoms with Crippen molar-refractivity contribution in [1.82, 2.24) is 19.8 Å². The van der Waals surface area contributed by atoms with Crippen LogP contribution in [0.1, 0.15) is 52.9 Å². The number of hydrogen-bond donors (Lipinski definition) is 2. The minimum absolute atomic E-state index is 0.0287. The van der Waals surface area contributed by atoms with Crippen molar-refractivity contribution in [2.45, 2.75) is 44.7 Å². The van der Waals surface area contributed by atoms with Gasteiger partial charge in [0, 0.05) is 50.0 Å². The summed E-state index contributed by atoms with van der Waals surface area (Å²) in [6.07, 6.45) is 6.56. The Labute approximate surface area is 215 Å². The summed E-state index contributed by atoms with van der Waals surface area (Å²) >= 11 is 0. The van der Waals surface area contributed by atoms with Crippen molar-refractivity contribution in [2.75, 3.05) is 48.8 Å². The van der Waals surface area contributed by atoms with Gasteiger partial charge in [-0.2, -0.15) is 5.26 Å². The fourth-order valence-corrected chi connectivity index (χ4v) is 4.78. The fraction of sp³-hybridized carbons (Fsp3) is 0.462. The number of carbonyl (C=O) groups is 3. The summed E-state index contributed by atoms with van der Waals surface area (Å²) < 4.78 is 0. The maximum absolute atomic E-state index is 13.2. The predicted octanol–water partition coefficient (Wildman–Crippen LogP) is 2.38. The molecule has 0 atom stereocenters. The number of aryl methyl sites for hydroxylation is 1. The van der Waals surface area contributed by atoms with Gasteiger partial charge in [0.25, 0.3) is 0 Å². The summed E-state index contributed by atoms with van der Waals surface area (Å²) in [4.78, 5) is 52.0. The number of nitriles is 1. The van der Waals surface area contributed by atoms with Gasteiger partial charge < -0.3 is 10.2 Å². The molecule has 1 saturated heterocycles. The second-order valence-electron chi connectivity index (χ2n) is 9.87. The topological polar surface area (TPSA) is 135 Å². The number of amides is 3. The number of likely N-dealkylation sites (N-methyl/N-ethyl adjacent to an activating group) is 1. The molecule has 2 aliphatic heterocycles. The lowest BCUT2D eigenvalue weighted by atomic mass is 10.0. The third-order valence-corrected chi connectivity index (χ3v) is 6.91. The van der Waals surface area contributed by atoms with Crippen molar-refractivity contribution in [1.29, 1.82) is 5.26 Å². The van der Waals surface area contributed by atoms with Gasteiger partial charge in [0.15, 0.2) is 6.29 Å². The van der Waals surface area contributed by atoms with Crippen LogP contribution in [0.15, 0.2) is 18.3 Å². The molecule has 2 aromatic heterocycles. The summed E-state index contributed by atoms with van der Waals surface area (Å²) in [5.74, 6) is 0.804. The minimum Gasteiger partial charge on any atom is -0.381 e. The average molecular weight is 503 g/mol. The Balaban J connectivity index is 1.36. The number of carbonyl (C=O) groups excluding carboxylic acids is 3. The molecule has 0 bridgehead atoms. The quantitative estimate of drug-likeness (QED) is 0.575. The van der Waals surface area contributed by atoms with Crippen LogP contribution in [-0.2, 0) is 17.8 Å². The Morgan fingerprint density at radius 3 is 2.84 bits per heavy atom. The van der Waals surface area contributed by atoms with Gasteiger partial charge in [0.2, 0.25) is 5.91 Å². The first-order valence-corrected chi connectivity index (χ1v) is 12.6. The Kier molecular flexibility index (Phi) is 7.01. The number of pyridine rings is 2. The molecule has 1 aliphatic carbocycles. The van der Waals surface area contributed by atoms with E-state index in [0.717, 1.165) is 44.2 Å². The highest BCUT2D eigenvalue weighted by Gasteiger charge is 2.28. The number of aromatic nitrogens is 2.